The van der Waals surface area contributed by atoms with E-state index < -0.39 is 11.8 Å². The Kier molecular flexibility index (Phi) is 7.17. The van der Waals surface area contributed by atoms with Gasteiger partial charge in [0.15, 0.2) is 11.0 Å². The average Bonchev–Trinajstić information content (AvgIpc) is 3.44. The first-order chi connectivity index (χ1) is 16.5. The van der Waals surface area contributed by atoms with Crippen LogP contribution in [0.2, 0.25) is 0 Å². The van der Waals surface area contributed by atoms with E-state index in [9.17, 15) is 9.18 Å². The van der Waals surface area contributed by atoms with Crippen molar-refractivity contribution < 1.29 is 27.8 Å². The SMILES string of the molecule is COC(=O)c1cc(CSc2nnc(COc3ccc(OC)cc3)n2-c2ccccc2F)oc1C. The number of carbonyl (C=O) groups is 1. The molecule has 2 aromatic carbocycles. The van der Waals surface area contributed by atoms with E-state index in [2.05, 4.69) is 10.2 Å². The lowest BCUT2D eigenvalue weighted by molar-refractivity contribution is 0.0599. The van der Waals surface area contributed by atoms with Crippen LogP contribution in [0.4, 0.5) is 4.39 Å². The Hall–Kier alpha value is -3.79. The van der Waals surface area contributed by atoms with Crippen molar-refractivity contribution >= 4 is 17.7 Å². The van der Waals surface area contributed by atoms with Crippen LogP contribution in [0.15, 0.2) is 64.2 Å². The molecule has 0 bridgehead atoms. The van der Waals surface area contributed by atoms with E-state index in [1.807, 2.05) is 0 Å². The molecule has 0 amide bonds. The highest BCUT2D eigenvalue weighted by molar-refractivity contribution is 7.98. The number of furan rings is 1. The van der Waals surface area contributed by atoms with Crippen molar-refractivity contribution in [3.63, 3.8) is 0 Å². The number of carbonyl (C=O) groups excluding carboxylic acids is 1. The third kappa shape index (κ3) is 5.07. The van der Waals surface area contributed by atoms with Gasteiger partial charge < -0.3 is 18.6 Å². The van der Waals surface area contributed by atoms with E-state index >= 15 is 0 Å². The zero-order valence-electron chi connectivity index (χ0n) is 18.8. The van der Waals surface area contributed by atoms with Crippen molar-refractivity contribution in [2.24, 2.45) is 0 Å². The van der Waals surface area contributed by atoms with Gasteiger partial charge in [-0.2, -0.15) is 0 Å². The number of para-hydroxylation sites is 1. The van der Waals surface area contributed by atoms with E-state index in [1.165, 1.54) is 24.9 Å². The maximum atomic E-state index is 14.7. The molecule has 0 fully saturated rings. The number of esters is 1. The Labute approximate surface area is 199 Å². The number of benzene rings is 2. The monoisotopic (exact) mass is 483 g/mol. The second-order valence-electron chi connectivity index (χ2n) is 7.11. The van der Waals surface area contributed by atoms with E-state index in [4.69, 9.17) is 18.6 Å². The summed E-state index contributed by atoms with van der Waals surface area (Å²) in [6.07, 6.45) is 0. The molecule has 8 nitrogen and oxygen atoms in total. The molecule has 0 aliphatic heterocycles. The highest BCUT2D eigenvalue weighted by atomic mass is 32.2. The lowest BCUT2D eigenvalue weighted by Crippen LogP contribution is -2.08. The van der Waals surface area contributed by atoms with Gasteiger partial charge in [-0.3, -0.25) is 4.57 Å². The standard InChI is InChI=1S/C24H22FN3O5S/c1-15-19(23(29)31-3)12-18(33-15)14-34-24-27-26-22(28(24)21-7-5-4-6-20(21)25)13-32-17-10-8-16(30-2)9-11-17/h4-12H,13-14H2,1-3H3. The van der Waals surface area contributed by atoms with Gasteiger partial charge in [0.25, 0.3) is 0 Å². The largest absolute Gasteiger partial charge is 0.497 e. The molecule has 2 aromatic heterocycles. The van der Waals surface area contributed by atoms with Gasteiger partial charge in [-0.15, -0.1) is 10.2 Å². The molecule has 0 N–H and O–H groups in total. The van der Waals surface area contributed by atoms with Gasteiger partial charge in [0.1, 0.15) is 41.0 Å². The van der Waals surface area contributed by atoms with Crippen molar-refractivity contribution in [3.05, 3.63) is 83.3 Å². The molecule has 0 saturated carbocycles. The summed E-state index contributed by atoms with van der Waals surface area (Å²) in [6.45, 7) is 1.76. The summed E-state index contributed by atoms with van der Waals surface area (Å²) in [5.74, 6) is 2.23. The zero-order chi connectivity index (χ0) is 24.1. The highest BCUT2D eigenvalue weighted by Gasteiger charge is 2.20. The summed E-state index contributed by atoms with van der Waals surface area (Å²) in [5.41, 5.74) is 0.663. The smallest absolute Gasteiger partial charge is 0.341 e. The zero-order valence-corrected chi connectivity index (χ0v) is 19.6. The Morgan fingerprint density at radius 1 is 1.09 bits per heavy atom. The maximum Gasteiger partial charge on any atom is 0.341 e. The van der Waals surface area contributed by atoms with Crippen LogP contribution in [0.25, 0.3) is 5.69 Å². The molecule has 176 valence electrons. The van der Waals surface area contributed by atoms with Crippen molar-refractivity contribution in [1.82, 2.24) is 14.8 Å². The summed E-state index contributed by atoms with van der Waals surface area (Å²) < 4.78 is 37.8. The Bertz CT molecular complexity index is 1290. The van der Waals surface area contributed by atoms with Crippen LogP contribution in [0.5, 0.6) is 11.5 Å². The number of aryl methyl sites for hydroxylation is 1. The fourth-order valence-corrected chi connectivity index (χ4v) is 4.09. The Morgan fingerprint density at radius 2 is 1.82 bits per heavy atom. The normalized spacial score (nSPS) is 10.8. The minimum atomic E-state index is -0.468. The molecule has 0 radical (unpaired) electrons. The summed E-state index contributed by atoms with van der Waals surface area (Å²) in [5, 5.41) is 8.93. The van der Waals surface area contributed by atoms with E-state index in [0.717, 1.165) is 0 Å². The molecule has 0 saturated heterocycles. The Morgan fingerprint density at radius 3 is 2.53 bits per heavy atom. The van der Waals surface area contributed by atoms with Crippen molar-refractivity contribution in [3.8, 4) is 17.2 Å². The van der Waals surface area contributed by atoms with E-state index in [1.54, 1.807) is 67.1 Å². The van der Waals surface area contributed by atoms with Gasteiger partial charge in [-0.1, -0.05) is 23.9 Å². The number of rotatable bonds is 9. The number of hydrogen-bond acceptors (Lipinski definition) is 8. The summed E-state index contributed by atoms with van der Waals surface area (Å²) in [6, 6.07) is 15.1. The summed E-state index contributed by atoms with van der Waals surface area (Å²) in [7, 11) is 2.90. The van der Waals surface area contributed by atoms with Crippen molar-refractivity contribution in [2.45, 2.75) is 24.4 Å². The van der Waals surface area contributed by atoms with Gasteiger partial charge in [0.2, 0.25) is 0 Å². The van der Waals surface area contributed by atoms with Gasteiger partial charge in [-0.05, 0) is 49.4 Å². The van der Waals surface area contributed by atoms with Gasteiger partial charge in [0, 0.05) is 0 Å². The highest BCUT2D eigenvalue weighted by Crippen LogP contribution is 2.29. The summed E-state index contributed by atoms with van der Waals surface area (Å²) in [4.78, 5) is 11.8. The third-order valence-electron chi connectivity index (χ3n) is 4.94. The minimum absolute atomic E-state index is 0.0700. The first kappa shape index (κ1) is 23.4. The molecule has 0 atom stereocenters. The quantitative estimate of drug-likeness (QED) is 0.243. The number of hydrogen-bond donors (Lipinski definition) is 0. The topological polar surface area (TPSA) is 88.6 Å². The van der Waals surface area contributed by atoms with E-state index in [0.29, 0.717) is 51.0 Å². The molecule has 0 spiro atoms. The minimum Gasteiger partial charge on any atom is -0.497 e. The Balaban J connectivity index is 1.58. The van der Waals surface area contributed by atoms with Crippen LogP contribution >= 0.6 is 11.8 Å². The van der Waals surface area contributed by atoms with Crippen LogP contribution in [-0.2, 0) is 17.1 Å². The lowest BCUT2D eigenvalue weighted by Gasteiger charge is -2.12. The molecular formula is C24H22FN3O5S. The van der Waals surface area contributed by atoms with Crippen LogP contribution in [0.3, 0.4) is 0 Å². The molecule has 34 heavy (non-hydrogen) atoms. The number of nitrogens with zero attached hydrogens (tertiary/aromatic N) is 3. The van der Waals surface area contributed by atoms with Crippen LogP contribution in [-0.4, -0.2) is 35.0 Å². The number of aromatic nitrogens is 3. The molecule has 0 unspecified atom stereocenters. The first-order valence-corrected chi connectivity index (χ1v) is 11.2. The summed E-state index contributed by atoms with van der Waals surface area (Å²) >= 11 is 1.30. The molecular weight excluding hydrogens is 461 g/mol. The number of ether oxygens (including phenoxy) is 3. The maximum absolute atomic E-state index is 14.7. The molecule has 0 aliphatic rings. The van der Waals surface area contributed by atoms with Gasteiger partial charge in [0.05, 0.1) is 25.7 Å². The van der Waals surface area contributed by atoms with Crippen LogP contribution < -0.4 is 9.47 Å². The third-order valence-corrected chi connectivity index (χ3v) is 5.89. The fourth-order valence-electron chi connectivity index (χ4n) is 3.25. The lowest BCUT2D eigenvalue weighted by atomic mass is 10.2. The predicted molar refractivity (Wildman–Crippen MR) is 123 cm³/mol. The number of halogens is 1. The molecule has 2 heterocycles. The average molecular weight is 484 g/mol. The van der Waals surface area contributed by atoms with Crippen molar-refractivity contribution in [2.75, 3.05) is 14.2 Å². The second-order valence-corrected chi connectivity index (χ2v) is 8.06. The molecule has 10 heteroatoms. The van der Waals surface area contributed by atoms with Gasteiger partial charge >= 0.3 is 5.97 Å². The number of thioether (sulfide) groups is 1. The van der Waals surface area contributed by atoms with E-state index in [-0.39, 0.29) is 6.61 Å². The van der Waals surface area contributed by atoms with Crippen LogP contribution in [0, 0.1) is 12.7 Å². The molecule has 4 rings (SSSR count). The first-order valence-electron chi connectivity index (χ1n) is 10.3. The van der Waals surface area contributed by atoms with Gasteiger partial charge in [-0.25, -0.2) is 9.18 Å². The van der Waals surface area contributed by atoms with Crippen molar-refractivity contribution in [1.29, 1.82) is 0 Å². The molecule has 4 aromatic rings. The second kappa shape index (κ2) is 10.4. The fraction of sp³-hybridized carbons (Fsp3) is 0.208. The van der Waals surface area contributed by atoms with Crippen LogP contribution in [0.1, 0.15) is 27.7 Å². The molecule has 0 aliphatic carbocycles. The number of methoxy groups -OCH3 is 2. The predicted octanol–water partition coefficient (Wildman–Crippen LogP) is 4.97.